The summed E-state index contributed by atoms with van der Waals surface area (Å²) in [7, 11) is 3.79. The van der Waals surface area contributed by atoms with E-state index in [-0.39, 0.29) is 17.3 Å². The quantitative estimate of drug-likeness (QED) is 0.375. The summed E-state index contributed by atoms with van der Waals surface area (Å²) in [6.45, 7) is 6.31. The molecule has 162 valence electrons. The summed E-state index contributed by atoms with van der Waals surface area (Å²) in [4.78, 5) is 18.7. The number of H-pyrrole nitrogens is 1. The number of nitrogens with zero attached hydrogens (tertiary/aromatic N) is 3. The first-order chi connectivity index (χ1) is 14.5. The molecule has 5 N–H and O–H groups in total. The van der Waals surface area contributed by atoms with Crippen molar-refractivity contribution < 1.29 is 4.79 Å². The monoisotopic (exact) mass is 419 g/mol. The molecule has 0 saturated carbocycles. The van der Waals surface area contributed by atoms with E-state index >= 15 is 0 Å². The fraction of sp³-hybridized carbons (Fsp3) is 0.304. The van der Waals surface area contributed by atoms with E-state index in [0.29, 0.717) is 29.2 Å². The molecule has 1 amide bonds. The minimum atomic E-state index is -0.323. The standard InChI is InChI=1S/C23H29N7O/c1-23(2,3)27-22(31)16-8-6-7-14(11-16)20-17-12-15(9-10-18(17)28-29-20)21(25)26-19(24)13-30(4)5/h6-12H,13H2,1-5H3,(H,27,31)(H,28,29)(H3,24,25,26). The molecular formula is C23H29N7O. The van der Waals surface area contributed by atoms with Crippen molar-refractivity contribution in [2.75, 3.05) is 20.6 Å². The molecule has 0 unspecified atom stereocenters. The van der Waals surface area contributed by atoms with Gasteiger partial charge in [0.15, 0.2) is 5.84 Å². The zero-order valence-corrected chi connectivity index (χ0v) is 18.6. The lowest BCUT2D eigenvalue weighted by atomic mass is 10.0. The summed E-state index contributed by atoms with van der Waals surface area (Å²) >= 11 is 0. The predicted molar refractivity (Wildman–Crippen MR) is 126 cm³/mol. The number of rotatable bonds is 5. The number of aromatic nitrogens is 2. The highest BCUT2D eigenvalue weighted by atomic mass is 16.1. The number of fused-ring (bicyclic) bond motifs is 1. The highest BCUT2D eigenvalue weighted by molar-refractivity contribution is 6.07. The van der Waals surface area contributed by atoms with Crippen LogP contribution in [-0.4, -0.2) is 58.9 Å². The molecule has 2 aromatic carbocycles. The summed E-state index contributed by atoms with van der Waals surface area (Å²) in [6, 6.07) is 12.9. The van der Waals surface area contributed by atoms with Crippen LogP contribution < -0.4 is 11.1 Å². The summed E-state index contributed by atoms with van der Waals surface area (Å²) in [5, 5.41) is 19.6. The average molecular weight is 420 g/mol. The first-order valence-electron chi connectivity index (χ1n) is 10.0. The molecular weight excluding hydrogens is 390 g/mol. The van der Waals surface area contributed by atoms with E-state index in [1.807, 2.05) is 76.2 Å². The van der Waals surface area contributed by atoms with Crippen molar-refractivity contribution in [1.29, 1.82) is 5.41 Å². The van der Waals surface area contributed by atoms with Crippen molar-refractivity contribution in [2.45, 2.75) is 26.3 Å². The number of carbonyl (C=O) groups is 1. The Bertz CT molecular complexity index is 1150. The summed E-state index contributed by atoms with van der Waals surface area (Å²) in [6.07, 6.45) is 0. The van der Waals surface area contributed by atoms with Gasteiger partial charge in [-0.2, -0.15) is 5.10 Å². The number of benzene rings is 2. The normalized spacial score (nSPS) is 12.4. The van der Waals surface area contributed by atoms with Crippen LogP contribution in [0.2, 0.25) is 0 Å². The number of hydrogen-bond acceptors (Lipinski definition) is 4. The van der Waals surface area contributed by atoms with Gasteiger partial charge in [0, 0.05) is 27.6 Å². The lowest BCUT2D eigenvalue weighted by Gasteiger charge is -2.20. The number of nitrogens with one attached hydrogen (secondary N) is 3. The Morgan fingerprint density at radius 1 is 1.19 bits per heavy atom. The van der Waals surface area contributed by atoms with E-state index in [1.165, 1.54) is 0 Å². The van der Waals surface area contributed by atoms with Crippen molar-refractivity contribution in [3.63, 3.8) is 0 Å². The summed E-state index contributed by atoms with van der Waals surface area (Å²) < 4.78 is 0. The van der Waals surface area contributed by atoms with Gasteiger partial charge in [0.1, 0.15) is 5.84 Å². The molecule has 0 fully saturated rings. The van der Waals surface area contributed by atoms with Crippen LogP contribution in [0, 0.1) is 5.41 Å². The van der Waals surface area contributed by atoms with Gasteiger partial charge < -0.3 is 16.0 Å². The highest BCUT2D eigenvalue weighted by Gasteiger charge is 2.17. The smallest absolute Gasteiger partial charge is 0.251 e. The van der Waals surface area contributed by atoms with Gasteiger partial charge >= 0.3 is 0 Å². The van der Waals surface area contributed by atoms with Crippen molar-refractivity contribution >= 4 is 28.5 Å². The SMILES string of the molecule is CN(C)CC(N)=NC(=N)c1ccc2[nH]nc(-c3cccc(C(=O)NC(C)(C)C)c3)c2c1. The lowest BCUT2D eigenvalue weighted by Crippen LogP contribution is -2.40. The largest absolute Gasteiger partial charge is 0.386 e. The number of likely N-dealkylation sites (N-methyl/N-ethyl adjacent to an activating group) is 1. The number of amides is 1. The van der Waals surface area contributed by atoms with Crippen LogP contribution in [0.4, 0.5) is 0 Å². The molecule has 0 aliphatic heterocycles. The van der Waals surface area contributed by atoms with Crippen LogP contribution in [0.1, 0.15) is 36.7 Å². The van der Waals surface area contributed by atoms with Crippen LogP contribution in [0.3, 0.4) is 0 Å². The molecule has 3 aromatic rings. The Labute approximate surface area is 182 Å². The number of carbonyl (C=O) groups excluding carboxylic acids is 1. The number of nitrogens with two attached hydrogens (primary N) is 1. The second-order valence-corrected chi connectivity index (χ2v) is 8.81. The van der Waals surface area contributed by atoms with Crippen LogP contribution in [0.5, 0.6) is 0 Å². The van der Waals surface area contributed by atoms with Crippen LogP contribution in [0.15, 0.2) is 47.5 Å². The molecule has 3 rings (SSSR count). The average Bonchev–Trinajstić information content (AvgIpc) is 3.09. The van der Waals surface area contributed by atoms with E-state index in [9.17, 15) is 4.79 Å². The van der Waals surface area contributed by atoms with Crippen molar-refractivity contribution in [1.82, 2.24) is 20.4 Å². The van der Waals surface area contributed by atoms with Gasteiger partial charge in [0.2, 0.25) is 0 Å². The molecule has 0 saturated heterocycles. The maximum atomic E-state index is 12.6. The molecule has 0 aliphatic carbocycles. The zero-order chi connectivity index (χ0) is 22.8. The van der Waals surface area contributed by atoms with Crippen molar-refractivity contribution in [3.8, 4) is 11.3 Å². The third-order valence-electron chi connectivity index (χ3n) is 4.46. The maximum absolute atomic E-state index is 12.6. The molecule has 0 aliphatic rings. The third kappa shape index (κ3) is 5.55. The van der Waals surface area contributed by atoms with Crippen molar-refractivity contribution in [3.05, 3.63) is 53.6 Å². The van der Waals surface area contributed by atoms with Gasteiger partial charge in [-0.1, -0.05) is 12.1 Å². The molecule has 1 heterocycles. The molecule has 8 heteroatoms. The molecule has 31 heavy (non-hydrogen) atoms. The Balaban J connectivity index is 1.96. The number of aromatic amines is 1. The zero-order valence-electron chi connectivity index (χ0n) is 18.6. The Morgan fingerprint density at radius 2 is 1.94 bits per heavy atom. The highest BCUT2D eigenvalue weighted by Crippen LogP contribution is 2.28. The van der Waals surface area contributed by atoms with Crippen LogP contribution in [-0.2, 0) is 0 Å². The number of hydrogen-bond donors (Lipinski definition) is 4. The molecule has 0 bridgehead atoms. The fourth-order valence-corrected chi connectivity index (χ4v) is 3.17. The van der Waals surface area contributed by atoms with E-state index in [4.69, 9.17) is 11.1 Å². The van der Waals surface area contributed by atoms with Gasteiger partial charge in [0.25, 0.3) is 5.91 Å². The predicted octanol–water partition coefficient (Wildman–Crippen LogP) is 3.00. The minimum Gasteiger partial charge on any atom is -0.386 e. The van der Waals surface area contributed by atoms with Gasteiger partial charge in [-0.3, -0.25) is 15.3 Å². The Hall–Kier alpha value is -3.52. The van der Waals surface area contributed by atoms with Crippen LogP contribution >= 0.6 is 0 Å². The fourth-order valence-electron chi connectivity index (χ4n) is 3.17. The molecule has 0 atom stereocenters. The van der Waals surface area contributed by atoms with Crippen LogP contribution in [0.25, 0.3) is 22.2 Å². The Kier molecular flexibility index (Phi) is 6.21. The first-order valence-corrected chi connectivity index (χ1v) is 10.0. The topological polar surface area (TPSA) is 123 Å². The van der Waals surface area contributed by atoms with Gasteiger partial charge in [-0.05, 0) is 65.2 Å². The molecule has 0 spiro atoms. The summed E-state index contributed by atoms with van der Waals surface area (Å²) in [5.74, 6) is 0.328. The van der Waals surface area contributed by atoms with Crippen molar-refractivity contribution in [2.24, 2.45) is 10.7 Å². The third-order valence-corrected chi connectivity index (χ3v) is 4.46. The molecule has 0 radical (unpaired) electrons. The second kappa shape index (κ2) is 8.69. The van der Waals surface area contributed by atoms with E-state index < -0.39 is 0 Å². The van der Waals surface area contributed by atoms with E-state index in [1.54, 1.807) is 6.07 Å². The Morgan fingerprint density at radius 3 is 2.61 bits per heavy atom. The number of amidine groups is 2. The summed E-state index contributed by atoms with van der Waals surface area (Å²) in [5.41, 5.74) is 9.16. The first kappa shape index (κ1) is 22.2. The van der Waals surface area contributed by atoms with Gasteiger partial charge in [0.05, 0.1) is 17.8 Å². The second-order valence-electron chi connectivity index (χ2n) is 8.81. The molecule has 8 nitrogen and oxygen atoms in total. The molecule has 1 aromatic heterocycles. The lowest BCUT2D eigenvalue weighted by molar-refractivity contribution is 0.0919. The van der Waals surface area contributed by atoms with Gasteiger partial charge in [-0.25, -0.2) is 4.99 Å². The number of aliphatic imine (C=N–C) groups is 1. The maximum Gasteiger partial charge on any atom is 0.251 e. The van der Waals surface area contributed by atoms with E-state index in [2.05, 4.69) is 20.5 Å². The van der Waals surface area contributed by atoms with Gasteiger partial charge in [-0.15, -0.1) is 0 Å². The minimum absolute atomic E-state index is 0.0895. The van der Waals surface area contributed by atoms with E-state index in [0.717, 1.165) is 16.5 Å².